The van der Waals surface area contributed by atoms with Crippen molar-refractivity contribution in [1.29, 1.82) is 0 Å². The van der Waals surface area contributed by atoms with E-state index in [2.05, 4.69) is 175 Å². The van der Waals surface area contributed by atoms with Crippen LogP contribution in [0, 0.1) is 0 Å². The van der Waals surface area contributed by atoms with Crippen LogP contribution in [0.25, 0.3) is 76.8 Å². The van der Waals surface area contributed by atoms with Crippen molar-refractivity contribution in [2.24, 2.45) is 0 Å². The first kappa shape index (κ1) is 28.3. The predicted octanol–water partition coefficient (Wildman–Crippen LogP) is 13.2. The average Bonchev–Trinajstić information content (AvgIpc) is 3.53. The maximum atomic E-state index is 6.51. The molecule has 0 N–H and O–H groups in total. The second kappa shape index (κ2) is 11.5. The molecule has 0 atom stereocenters. The minimum atomic E-state index is 0.863. The molecule has 0 aliphatic heterocycles. The van der Waals surface area contributed by atoms with Crippen LogP contribution in [-0.4, -0.2) is 4.98 Å². The Morgan fingerprint density at radius 1 is 0.360 bits per heavy atom. The minimum absolute atomic E-state index is 0.863. The van der Waals surface area contributed by atoms with E-state index < -0.39 is 0 Å². The number of furan rings is 1. The smallest absolute Gasteiger partial charge is 0.137 e. The van der Waals surface area contributed by atoms with Crippen molar-refractivity contribution in [1.82, 2.24) is 4.98 Å². The van der Waals surface area contributed by atoms with Gasteiger partial charge in [-0.3, -0.25) is 0 Å². The summed E-state index contributed by atoms with van der Waals surface area (Å²) >= 11 is 0. The Morgan fingerprint density at radius 3 is 1.68 bits per heavy atom. The van der Waals surface area contributed by atoms with Crippen LogP contribution in [0.5, 0.6) is 0 Å². The first-order chi connectivity index (χ1) is 24.7. The van der Waals surface area contributed by atoms with Gasteiger partial charge < -0.3 is 9.32 Å². The second-order valence-corrected chi connectivity index (χ2v) is 12.9. The van der Waals surface area contributed by atoms with Gasteiger partial charge in [0.05, 0.1) is 11.2 Å². The normalized spacial score (nSPS) is 11.6. The van der Waals surface area contributed by atoms with E-state index in [-0.39, 0.29) is 0 Å². The third kappa shape index (κ3) is 4.87. The van der Waals surface area contributed by atoms with E-state index in [4.69, 9.17) is 9.40 Å². The number of aromatic nitrogens is 1. The molecule has 8 aromatic carbocycles. The molecule has 3 nitrogen and oxygen atoms in total. The molecule has 10 rings (SSSR count). The van der Waals surface area contributed by atoms with E-state index in [1.165, 1.54) is 32.7 Å². The average molecular weight is 639 g/mol. The van der Waals surface area contributed by atoms with Crippen molar-refractivity contribution < 1.29 is 4.42 Å². The van der Waals surface area contributed by atoms with E-state index in [9.17, 15) is 0 Å². The molecule has 50 heavy (non-hydrogen) atoms. The fraction of sp³-hybridized carbons (Fsp3) is 0. The molecule has 0 fully saturated rings. The standard InChI is InChI=1S/C47H30N2O/c1-2-9-35-27-38(14-13-31(35)7-1)32-15-20-39(21-16-32)49(40-22-17-34(18-23-40)45-26-19-33-8-5-6-12-44(33)48-45)41-24-25-42-43-28-36-10-3-4-11-37(36)29-46(43)50-47(42)30-41/h1-30H. The minimum Gasteiger partial charge on any atom is -0.456 e. The summed E-state index contributed by atoms with van der Waals surface area (Å²) in [4.78, 5) is 7.24. The molecule has 0 aliphatic rings. The van der Waals surface area contributed by atoms with Crippen LogP contribution < -0.4 is 4.90 Å². The Morgan fingerprint density at radius 2 is 0.920 bits per heavy atom. The maximum Gasteiger partial charge on any atom is 0.137 e. The lowest BCUT2D eigenvalue weighted by Crippen LogP contribution is -2.09. The van der Waals surface area contributed by atoms with Gasteiger partial charge in [0.25, 0.3) is 0 Å². The van der Waals surface area contributed by atoms with Gasteiger partial charge in [-0.15, -0.1) is 0 Å². The molecule has 234 valence electrons. The van der Waals surface area contributed by atoms with Crippen molar-refractivity contribution in [2.75, 3.05) is 4.90 Å². The maximum absolute atomic E-state index is 6.51. The summed E-state index contributed by atoms with van der Waals surface area (Å²) in [5, 5.41) is 8.25. The molecular formula is C47H30N2O. The van der Waals surface area contributed by atoms with Crippen LogP contribution in [0.1, 0.15) is 0 Å². The van der Waals surface area contributed by atoms with Crippen LogP contribution in [0.15, 0.2) is 186 Å². The zero-order valence-electron chi connectivity index (χ0n) is 27.1. The highest BCUT2D eigenvalue weighted by Crippen LogP contribution is 2.40. The van der Waals surface area contributed by atoms with Gasteiger partial charge in [-0.05, 0) is 99.4 Å². The fourth-order valence-corrected chi connectivity index (χ4v) is 7.22. The Balaban J connectivity index is 1.08. The predicted molar refractivity (Wildman–Crippen MR) is 210 cm³/mol. The second-order valence-electron chi connectivity index (χ2n) is 12.9. The Kier molecular flexibility index (Phi) is 6.49. The zero-order chi connectivity index (χ0) is 33.0. The first-order valence-corrected chi connectivity index (χ1v) is 16.9. The lowest BCUT2D eigenvalue weighted by atomic mass is 10.0. The van der Waals surface area contributed by atoms with Gasteiger partial charge in [0.2, 0.25) is 0 Å². The molecule has 0 unspecified atom stereocenters. The molecule has 0 saturated carbocycles. The molecule has 2 heterocycles. The van der Waals surface area contributed by atoms with E-state index in [1.54, 1.807) is 0 Å². The van der Waals surface area contributed by atoms with E-state index in [0.717, 1.165) is 61.2 Å². The SMILES string of the molecule is c1ccc2cc(-c3ccc(N(c4ccc(-c5ccc6ccccc6n5)cc4)c4ccc5c(c4)oc4cc6ccccc6cc45)cc3)ccc2c1. The lowest BCUT2D eigenvalue weighted by molar-refractivity contribution is 0.669. The molecule has 0 spiro atoms. The lowest BCUT2D eigenvalue weighted by Gasteiger charge is -2.26. The summed E-state index contributed by atoms with van der Waals surface area (Å²) < 4.78 is 6.51. The Bertz CT molecular complexity index is 2750. The molecule has 0 amide bonds. The highest BCUT2D eigenvalue weighted by Gasteiger charge is 2.17. The Labute approximate surface area is 289 Å². The molecule has 0 radical (unpaired) electrons. The highest BCUT2D eigenvalue weighted by atomic mass is 16.3. The third-order valence-electron chi connectivity index (χ3n) is 9.81. The number of fused-ring (bicyclic) bond motifs is 6. The number of hydrogen-bond acceptors (Lipinski definition) is 3. The van der Waals surface area contributed by atoms with Crippen molar-refractivity contribution in [3.05, 3.63) is 182 Å². The van der Waals surface area contributed by atoms with Crippen LogP contribution in [0.2, 0.25) is 0 Å². The number of rotatable bonds is 5. The largest absolute Gasteiger partial charge is 0.456 e. The van der Waals surface area contributed by atoms with Crippen molar-refractivity contribution >= 4 is 71.4 Å². The van der Waals surface area contributed by atoms with Crippen LogP contribution in [0.3, 0.4) is 0 Å². The quantitative estimate of drug-likeness (QED) is 0.188. The number of anilines is 3. The summed E-state index contributed by atoms with van der Waals surface area (Å²) in [6.07, 6.45) is 0. The van der Waals surface area contributed by atoms with Gasteiger partial charge >= 0.3 is 0 Å². The summed E-state index contributed by atoms with van der Waals surface area (Å²) in [5.74, 6) is 0. The first-order valence-electron chi connectivity index (χ1n) is 16.9. The van der Waals surface area contributed by atoms with Gasteiger partial charge in [0.1, 0.15) is 11.2 Å². The van der Waals surface area contributed by atoms with E-state index in [1.807, 2.05) is 12.1 Å². The summed E-state index contributed by atoms with van der Waals surface area (Å²) in [7, 11) is 0. The number of pyridine rings is 1. The number of benzene rings is 8. The Hall–Kier alpha value is -6.71. The van der Waals surface area contributed by atoms with Gasteiger partial charge in [-0.2, -0.15) is 0 Å². The third-order valence-corrected chi connectivity index (χ3v) is 9.81. The molecule has 2 aromatic heterocycles. The molecule has 3 heteroatoms. The molecule has 0 bridgehead atoms. The van der Waals surface area contributed by atoms with Crippen LogP contribution in [0.4, 0.5) is 17.1 Å². The van der Waals surface area contributed by atoms with Crippen molar-refractivity contribution in [2.45, 2.75) is 0 Å². The molecule has 0 saturated heterocycles. The number of para-hydroxylation sites is 1. The van der Waals surface area contributed by atoms with Crippen LogP contribution >= 0.6 is 0 Å². The topological polar surface area (TPSA) is 29.3 Å². The van der Waals surface area contributed by atoms with Crippen molar-refractivity contribution in [3.63, 3.8) is 0 Å². The highest BCUT2D eigenvalue weighted by molar-refractivity contribution is 6.10. The molecule has 10 aromatic rings. The monoisotopic (exact) mass is 638 g/mol. The van der Waals surface area contributed by atoms with Crippen LogP contribution in [-0.2, 0) is 0 Å². The summed E-state index contributed by atoms with van der Waals surface area (Å²) in [6, 6.07) is 64.5. The van der Waals surface area contributed by atoms with Gasteiger partial charge in [-0.25, -0.2) is 4.98 Å². The molecular weight excluding hydrogens is 609 g/mol. The summed E-state index contributed by atoms with van der Waals surface area (Å²) in [6.45, 7) is 0. The number of hydrogen-bond donors (Lipinski definition) is 0. The fourth-order valence-electron chi connectivity index (χ4n) is 7.22. The summed E-state index contributed by atoms with van der Waals surface area (Å²) in [5.41, 5.74) is 10.3. The van der Waals surface area contributed by atoms with Gasteiger partial charge in [0.15, 0.2) is 0 Å². The molecule has 0 aliphatic carbocycles. The van der Waals surface area contributed by atoms with Gasteiger partial charge in [-0.1, -0.05) is 109 Å². The van der Waals surface area contributed by atoms with Crippen molar-refractivity contribution in [3.8, 4) is 22.4 Å². The van der Waals surface area contributed by atoms with E-state index >= 15 is 0 Å². The number of nitrogens with zero attached hydrogens (tertiary/aromatic N) is 2. The van der Waals surface area contributed by atoms with E-state index in [0.29, 0.717) is 0 Å². The van der Waals surface area contributed by atoms with Gasteiger partial charge in [0, 0.05) is 44.9 Å². The zero-order valence-corrected chi connectivity index (χ0v) is 27.1.